The highest BCUT2D eigenvalue weighted by atomic mass is 32.1. The highest BCUT2D eigenvalue weighted by Gasteiger charge is 2.21. The molecule has 0 amide bonds. The van der Waals surface area contributed by atoms with Gasteiger partial charge in [-0.25, -0.2) is 0 Å². The van der Waals surface area contributed by atoms with Crippen molar-refractivity contribution < 1.29 is 33.8 Å². The lowest BCUT2D eigenvalue weighted by Crippen LogP contribution is -2.42. The maximum Gasteiger partial charge on any atom is 0.270 e. The van der Waals surface area contributed by atoms with Crippen LogP contribution in [0.5, 0.6) is 5.88 Å². The number of β-amino-alcohol motifs (C(OH)–C–C–N with tert-alkyl or cyclic N) is 1. The van der Waals surface area contributed by atoms with Crippen molar-refractivity contribution in [3.63, 3.8) is 0 Å². The Morgan fingerprint density at radius 1 is 1.57 bits per heavy atom. The summed E-state index contributed by atoms with van der Waals surface area (Å²) in [5.74, 6) is -1.29. The molecule has 8 heteroatoms. The van der Waals surface area contributed by atoms with Gasteiger partial charge in [0.15, 0.2) is 0 Å². The molecule has 120 valence electrons. The number of aromatic nitrogens is 2. The van der Waals surface area contributed by atoms with Crippen LogP contribution in [0.1, 0.15) is 39.8 Å². The molecule has 21 heavy (non-hydrogen) atoms. The Balaban J connectivity index is 2.24. The third-order valence-corrected chi connectivity index (χ3v) is 2.68. The zero-order valence-corrected chi connectivity index (χ0v) is 11.8. The van der Waals surface area contributed by atoms with Gasteiger partial charge in [0.1, 0.15) is 12.7 Å². The molecule has 0 radical (unpaired) electrons. The van der Waals surface area contributed by atoms with E-state index in [-0.39, 0.29) is 4.90 Å². The van der Waals surface area contributed by atoms with Gasteiger partial charge < -0.3 is 24.8 Å². The highest BCUT2D eigenvalue weighted by molar-refractivity contribution is 6.99. The van der Waals surface area contributed by atoms with Crippen LogP contribution < -0.4 is 15.0 Å². The molecule has 1 aliphatic rings. The van der Waals surface area contributed by atoms with Gasteiger partial charge in [0.2, 0.25) is 5.82 Å². The molecule has 1 aliphatic heterocycles. The van der Waals surface area contributed by atoms with Crippen molar-refractivity contribution >= 4 is 17.5 Å². The van der Waals surface area contributed by atoms with E-state index in [0.717, 1.165) is 6.92 Å². The Hall–Kier alpha value is -0.960. The molecule has 1 atom stereocenters. The molecular formula is C13H24N4O3S. The number of nitrogens with one attached hydrogen (secondary N) is 1. The summed E-state index contributed by atoms with van der Waals surface area (Å²) in [6.07, 6.45) is -1.52. The Morgan fingerprint density at radius 3 is 3.05 bits per heavy atom. The minimum absolute atomic E-state index is 0.0628. The molecule has 1 aromatic heterocycles. The Morgan fingerprint density at radius 2 is 2.33 bits per heavy atom. The van der Waals surface area contributed by atoms with E-state index < -0.39 is 76.3 Å². The average molecular weight is 331 g/mol. The molecule has 0 saturated carbocycles. The second-order valence-corrected chi connectivity index (χ2v) is 4.76. The molecule has 1 saturated heterocycles. The highest BCUT2D eigenvalue weighted by Crippen LogP contribution is 2.26. The number of aliphatic hydroxyl groups is 1. The summed E-state index contributed by atoms with van der Waals surface area (Å²) in [5.41, 5.74) is -2.37. The smallest absolute Gasteiger partial charge is 0.270 e. The van der Waals surface area contributed by atoms with Crippen molar-refractivity contribution in [2.75, 3.05) is 44.2 Å². The number of ether oxygens (including phenoxy) is 2. The number of rotatable bonds is 6. The van der Waals surface area contributed by atoms with Crippen molar-refractivity contribution in [1.82, 2.24) is 14.1 Å². The molecule has 2 rings (SSSR count). The second-order valence-electron chi connectivity index (χ2n) is 4.23. The van der Waals surface area contributed by atoms with Gasteiger partial charge in [0, 0.05) is 33.3 Å². The lowest BCUT2D eigenvalue weighted by Gasteiger charge is -2.27. The van der Waals surface area contributed by atoms with E-state index in [1.54, 1.807) is 0 Å². The van der Waals surface area contributed by atoms with E-state index in [2.05, 4.69) is 18.8 Å². The maximum absolute atomic E-state index is 10.2. The number of hydrogen-bond donors (Lipinski definition) is 2. The molecule has 0 aliphatic carbocycles. The average Bonchev–Trinajstić information content (AvgIpc) is 3.07. The molecule has 0 unspecified atom stereocenters. The van der Waals surface area contributed by atoms with Crippen molar-refractivity contribution in [2.24, 2.45) is 0 Å². The maximum atomic E-state index is 10.2. The molecule has 2 N–H and O–H groups in total. The molecule has 0 bridgehead atoms. The van der Waals surface area contributed by atoms with Gasteiger partial charge in [-0.1, -0.05) is 0 Å². The number of hydrogen-bond acceptors (Lipinski definition) is 8. The van der Waals surface area contributed by atoms with Gasteiger partial charge in [-0.2, -0.15) is 4.37 Å². The van der Waals surface area contributed by atoms with E-state index in [4.69, 9.17) is 23.9 Å². The van der Waals surface area contributed by atoms with E-state index in [0.29, 0.717) is 11.7 Å². The first-order valence-corrected chi connectivity index (χ1v) is 6.54. The van der Waals surface area contributed by atoms with E-state index >= 15 is 0 Å². The summed E-state index contributed by atoms with van der Waals surface area (Å²) in [4.78, 5) is 0.0628. The van der Waals surface area contributed by atoms with Crippen LogP contribution in [0, 0.1) is 0 Å². The van der Waals surface area contributed by atoms with Crippen LogP contribution in [0.25, 0.3) is 0 Å². The van der Waals surface area contributed by atoms with E-state index in [9.17, 15) is 5.11 Å². The summed E-state index contributed by atoms with van der Waals surface area (Å²) in [5, 5.41) is 12.5. The molecule has 2 heterocycles. The fourth-order valence-corrected chi connectivity index (χ4v) is 1.74. The van der Waals surface area contributed by atoms with Gasteiger partial charge >= 0.3 is 0 Å². The van der Waals surface area contributed by atoms with Crippen LogP contribution >= 0.6 is 11.7 Å². The lowest BCUT2D eigenvalue weighted by atomic mass is 10.1. The Labute approximate surface area is 149 Å². The van der Waals surface area contributed by atoms with Gasteiger partial charge in [0.05, 0.1) is 35.8 Å². The number of nitrogens with zero attached hydrogens (tertiary/aromatic N) is 3. The second kappa shape index (κ2) is 7.35. The summed E-state index contributed by atoms with van der Waals surface area (Å²) in [7, 11) is 0. The predicted octanol–water partition coefficient (Wildman–Crippen LogP) is 0.502. The van der Waals surface area contributed by atoms with Gasteiger partial charge in [-0.05, 0) is 20.6 Å². The summed E-state index contributed by atoms with van der Waals surface area (Å²) in [6, 6.07) is 0. The van der Waals surface area contributed by atoms with E-state index in [1.807, 2.05) is 0 Å². The topological polar surface area (TPSA) is 79.7 Å². The third kappa shape index (κ3) is 5.39. The molecule has 7 nitrogen and oxygen atoms in total. The lowest BCUT2D eigenvalue weighted by molar-refractivity contribution is 0.0975. The van der Waals surface area contributed by atoms with Gasteiger partial charge in [-0.3, -0.25) is 0 Å². The fraction of sp³-hybridized carbons (Fsp3) is 0.846. The molecular weight excluding hydrogens is 292 g/mol. The summed E-state index contributed by atoms with van der Waals surface area (Å²) < 4.78 is 125. The number of morpholine rings is 1. The van der Waals surface area contributed by atoms with Crippen LogP contribution in [0.3, 0.4) is 0 Å². The molecule has 1 fully saturated rings. The first-order valence-electron chi connectivity index (χ1n) is 12.8. The van der Waals surface area contributed by atoms with Crippen LogP contribution in [0.15, 0.2) is 0 Å². The fourth-order valence-electron chi connectivity index (χ4n) is 1.26. The SMILES string of the molecule is [2H]C([2H])([2H])C(C)(NC[C@H](O)COc1nsnc1N1C([2H])([2H])C([2H])([2H])OC([2H])([2H])C1([2H])[2H])C([2H])([2H])[2H]. The summed E-state index contributed by atoms with van der Waals surface area (Å²) in [6.45, 7) is -19.5. The van der Waals surface area contributed by atoms with Gasteiger partial charge in [-0.15, -0.1) is 4.37 Å². The first kappa shape index (κ1) is 5.92. The van der Waals surface area contributed by atoms with Crippen LogP contribution in [-0.2, 0) is 4.74 Å². The van der Waals surface area contributed by atoms with Crippen molar-refractivity contribution in [3.05, 3.63) is 0 Å². The zero-order chi connectivity index (χ0) is 27.5. The van der Waals surface area contributed by atoms with Crippen molar-refractivity contribution in [3.8, 4) is 5.88 Å². The standard InChI is InChI=1S/C13H24N4O3S/c1-13(2,3)14-8-10(18)9-20-12-11(15-21-16-12)17-4-6-19-7-5-17/h10,14,18H,4-9H2,1-3H3/t10-/m0/s1/i1D3,2D3,4D2,5D2,6D2,7D2. The molecule has 1 aromatic rings. The normalized spacial score (nSPS) is 38.5. The zero-order valence-electron chi connectivity index (χ0n) is 25.0. The monoisotopic (exact) mass is 330 g/mol. The number of aliphatic hydroxyl groups excluding tert-OH is 1. The van der Waals surface area contributed by atoms with Gasteiger partial charge in [0.25, 0.3) is 5.88 Å². The minimum Gasteiger partial charge on any atom is -0.472 e. The summed E-state index contributed by atoms with van der Waals surface area (Å²) >= 11 is 0.406. The Bertz CT molecular complexity index is 865. The third-order valence-electron chi connectivity index (χ3n) is 2.17. The molecule has 0 aromatic carbocycles. The largest absolute Gasteiger partial charge is 0.472 e. The minimum atomic E-state index is -3.33. The first-order chi connectivity index (χ1) is 15.4. The predicted molar refractivity (Wildman–Crippen MR) is 82.2 cm³/mol. The number of anilines is 1. The quantitative estimate of drug-likeness (QED) is 0.786. The Kier molecular flexibility index (Phi) is 2.07. The van der Waals surface area contributed by atoms with Crippen molar-refractivity contribution in [1.29, 1.82) is 0 Å². The van der Waals surface area contributed by atoms with E-state index in [1.165, 1.54) is 0 Å². The van der Waals surface area contributed by atoms with Crippen LogP contribution in [0.4, 0.5) is 5.82 Å². The van der Waals surface area contributed by atoms with Crippen LogP contribution in [-0.4, -0.2) is 64.8 Å². The van der Waals surface area contributed by atoms with Crippen LogP contribution in [0.2, 0.25) is 0 Å². The molecule has 0 spiro atoms. The van der Waals surface area contributed by atoms with Crippen molar-refractivity contribution in [2.45, 2.75) is 32.3 Å².